The highest BCUT2D eigenvalue weighted by Gasteiger charge is 2.21. The van der Waals surface area contributed by atoms with E-state index in [-0.39, 0.29) is 38.7 Å². The minimum Gasteiger partial charge on any atom is -0.506 e. The number of hydrogen-bond donors (Lipinski definition) is 3. The highest BCUT2D eigenvalue weighted by Crippen LogP contribution is 2.33. The summed E-state index contributed by atoms with van der Waals surface area (Å²) in [4.78, 5) is 23.9. The first-order chi connectivity index (χ1) is 11.4. The molecular formula is C15H11ClN4O4. The van der Waals surface area contributed by atoms with E-state index in [1.54, 1.807) is 18.2 Å². The molecule has 2 aromatic carbocycles. The Labute approximate surface area is 140 Å². The van der Waals surface area contributed by atoms with Crippen LogP contribution < -0.4 is 5.32 Å². The number of anilines is 1. The van der Waals surface area contributed by atoms with Crippen LogP contribution in [0.2, 0.25) is 5.02 Å². The number of para-hydroxylation sites is 2. The van der Waals surface area contributed by atoms with Crippen molar-refractivity contribution in [1.82, 2.24) is 15.0 Å². The van der Waals surface area contributed by atoms with E-state index in [0.29, 0.717) is 0 Å². The number of carboxylic acids is 1. The number of hydrogen-bond acceptors (Lipinski definition) is 5. The van der Waals surface area contributed by atoms with E-state index < -0.39 is 11.9 Å². The summed E-state index contributed by atoms with van der Waals surface area (Å²) in [5.41, 5.74) is 0.369. The van der Waals surface area contributed by atoms with Crippen LogP contribution in [0.15, 0.2) is 30.3 Å². The third-order valence-electron chi connectivity index (χ3n) is 3.24. The van der Waals surface area contributed by atoms with Crippen molar-refractivity contribution in [3.63, 3.8) is 0 Å². The summed E-state index contributed by atoms with van der Waals surface area (Å²) in [5.74, 6) is -1.72. The van der Waals surface area contributed by atoms with Gasteiger partial charge in [0.15, 0.2) is 0 Å². The van der Waals surface area contributed by atoms with E-state index >= 15 is 0 Å². The SMILES string of the molecule is CC(=O)Nc1cc(C(=O)O)c2nn(-c3ccccc3O)nc2c1Cl. The molecule has 0 unspecified atom stereocenters. The summed E-state index contributed by atoms with van der Waals surface area (Å²) in [5, 5.41) is 30.1. The van der Waals surface area contributed by atoms with E-state index in [2.05, 4.69) is 15.5 Å². The van der Waals surface area contributed by atoms with Crippen molar-refractivity contribution in [2.75, 3.05) is 5.32 Å². The van der Waals surface area contributed by atoms with E-state index in [9.17, 15) is 19.8 Å². The molecule has 9 heteroatoms. The molecular weight excluding hydrogens is 336 g/mol. The molecule has 1 aromatic heterocycles. The minimum absolute atomic E-state index is 0.0462. The third kappa shape index (κ3) is 2.63. The zero-order valence-corrected chi connectivity index (χ0v) is 13.1. The molecule has 8 nitrogen and oxygen atoms in total. The first-order valence-corrected chi connectivity index (χ1v) is 7.15. The van der Waals surface area contributed by atoms with Crippen LogP contribution in [0.4, 0.5) is 5.69 Å². The van der Waals surface area contributed by atoms with E-state index in [1.807, 2.05) is 0 Å². The quantitative estimate of drug-likeness (QED) is 0.670. The second-order valence-corrected chi connectivity index (χ2v) is 5.33. The number of benzene rings is 2. The Kier molecular flexibility index (Phi) is 3.82. The lowest BCUT2D eigenvalue weighted by Crippen LogP contribution is -2.08. The van der Waals surface area contributed by atoms with E-state index in [1.165, 1.54) is 19.1 Å². The van der Waals surface area contributed by atoms with E-state index in [4.69, 9.17) is 11.6 Å². The largest absolute Gasteiger partial charge is 0.506 e. The summed E-state index contributed by atoms with van der Waals surface area (Å²) >= 11 is 6.22. The minimum atomic E-state index is -1.24. The van der Waals surface area contributed by atoms with Crippen LogP contribution in [0.3, 0.4) is 0 Å². The number of phenolic OH excluding ortho intramolecular Hbond substituents is 1. The zero-order chi connectivity index (χ0) is 17.4. The van der Waals surface area contributed by atoms with Crippen LogP contribution in [0.5, 0.6) is 5.75 Å². The predicted octanol–water partition coefficient (Wildman–Crippen LogP) is 2.44. The zero-order valence-electron chi connectivity index (χ0n) is 12.3. The topological polar surface area (TPSA) is 117 Å². The monoisotopic (exact) mass is 346 g/mol. The Bertz CT molecular complexity index is 983. The molecule has 0 atom stereocenters. The number of aromatic carboxylic acids is 1. The number of aromatic hydroxyl groups is 1. The fourth-order valence-corrected chi connectivity index (χ4v) is 2.45. The number of aromatic nitrogens is 3. The van der Waals surface area contributed by atoms with Crippen LogP contribution in [-0.4, -0.2) is 37.1 Å². The molecule has 3 rings (SSSR count). The second-order valence-electron chi connectivity index (χ2n) is 4.95. The van der Waals surface area contributed by atoms with Gasteiger partial charge in [-0.15, -0.1) is 15.0 Å². The first-order valence-electron chi connectivity index (χ1n) is 6.77. The molecule has 3 aromatic rings. The fraction of sp³-hybridized carbons (Fsp3) is 0.0667. The van der Waals surface area contributed by atoms with Gasteiger partial charge in [-0.3, -0.25) is 4.79 Å². The Morgan fingerprint density at radius 3 is 2.50 bits per heavy atom. The Morgan fingerprint density at radius 2 is 1.88 bits per heavy atom. The van der Waals surface area contributed by atoms with Crippen LogP contribution in [0.1, 0.15) is 17.3 Å². The number of nitrogens with one attached hydrogen (secondary N) is 1. The van der Waals surface area contributed by atoms with Gasteiger partial charge < -0.3 is 15.5 Å². The molecule has 0 aliphatic carbocycles. The first kappa shape index (κ1) is 15.8. The van der Waals surface area contributed by atoms with Crippen LogP contribution in [0, 0.1) is 0 Å². The lowest BCUT2D eigenvalue weighted by atomic mass is 10.1. The van der Waals surface area contributed by atoms with Crippen LogP contribution >= 0.6 is 11.6 Å². The summed E-state index contributed by atoms with van der Waals surface area (Å²) in [6, 6.07) is 7.54. The molecule has 1 amide bonds. The highest BCUT2D eigenvalue weighted by atomic mass is 35.5. The normalized spacial score (nSPS) is 10.8. The number of rotatable bonds is 3. The van der Waals surface area contributed by atoms with Crippen molar-refractivity contribution in [1.29, 1.82) is 0 Å². The van der Waals surface area contributed by atoms with Crippen molar-refractivity contribution in [3.05, 3.63) is 40.9 Å². The number of phenols is 1. The summed E-state index contributed by atoms with van der Waals surface area (Å²) < 4.78 is 0. The van der Waals surface area contributed by atoms with E-state index in [0.717, 1.165) is 4.80 Å². The predicted molar refractivity (Wildman–Crippen MR) is 86.8 cm³/mol. The molecule has 1 heterocycles. The number of nitrogens with zero attached hydrogens (tertiary/aromatic N) is 3. The summed E-state index contributed by atoms with van der Waals surface area (Å²) in [6.07, 6.45) is 0. The molecule has 0 aliphatic rings. The third-order valence-corrected chi connectivity index (χ3v) is 3.62. The van der Waals surface area contributed by atoms with Gasteiger partial charge in [0.1, 0.15) is 22.5 Å². The molecule has 0 fully saturated rings. The standard InChI is InChI=1S/C15H11ClN4O4/c1-7(21)17-9-6-8(15(23)24)13-14(12(9)16)19-20(18-13)10-4-2-3-5-11(10)22/h2-6,22H,1H3,(H,17,21)(H,23,24). The van der Waals surface area contributed by atoms with Crippen molar-refractivity contribution in [2.45, 2.75) is 6.92 Å². The van der Waals surface area contributed by atoms with Crippen molar-refractivity contribution < 1.29 is 19.8 Å². The second kappa shape index (κ2) is 5.82. The lowest BCUT2D eigenvalue weighted by molar-refractivity contribution is -0.114. The van der Waals surface area contributed by atoms with Gasteiger partial charge >= 0.3 is 5.97 Å². The fourth-order valence-electron chi connectivity index (χ4n) is 2.22. The van der Waals surface area contributed by atoms with Crippen molar-refractivity contribution >= 4 is 40.2 Å². The van der Waals surface area contributed by atoms with Gasteiger partial charge in [0.2, 0.25) is 5.91 Å². The molecule has 3 N–H and O–H groups in total. The molecule has 0 bridgehead atoms. The average molecular weight is 347 g/mol. The molecule has 24 heavy (non-hydrogen) atoms. The number of amides is 1. The van der Waals surface area contributed by atoms with Gasteiger partial charge in [0.25, 0.3) is 0 Å². The molecule has 0 spiro atoms. The summed E-state index contributed by atoms with van der Waals surface area (Å²) in [7, 11) is 0. The van der Waals surface area contributed by atoms with Crippen molar-refractivity contribution in [3.8, 4) is 11.4 Å². The number of fused-ring (bicyclic) bond motifs is 1. The number of carbonyl (C=O) groups excluding carboxylic acids is 1. The van der Waals surface area contributed by atoms with Gasteiger partial charge in [-0.2, -0.15) is 0 Å². The lowest BCUT2D eigenvalue weighted by Gasteiger charge is -2.06. The van der Waals surface area contributed by atoms with Gasteiger partial charge in [-0.25, -0.2) is 4.79 Å². The number of halogens is 1. The molecule has 0 saturated heterocycles. The van der Waals surface area contributed by atoms with Crippen LogP contribution in [-0.2, 0) is 4.79 Å². The Hall–Kier alpha value is -3.13. The Morgan fingerprint density at radius 1 is 1.21 bits per heavy atom. The maximum atomic E-state index is 11.5. The number of carbonyl (C=O) groups is 2. The maximum absolute atomic E-state index is 11.5. The molecule has 122 valence electrons. The summed E-state index contributed by atoms with van der Waals surface area (Å²) in [6.45, 7) is 1.28. The van der Waals surface area contributed by atoms with Gasteiger partial charge in [0, 0.05) is 6.92 Å². The maximum Gasteiger partial charge on any atom is 0.338 e. The van der Waals surface area contributed by atoms with Crippen molar-refractivity contribution in [2.24, 2.45) is 0 Å². The Balaban J connectivity index is 2.30. The molecule has 0 saturated carbocycles. The molecule has 0 radical (unpaired) electrons. The average Bonchev–Trinajstić information content (AvgIpc) is 2.95. The van der Waals surface area contributed by atoms with Gasteiger partial charge in [0.05, 0.1) is 16.3 Å². The number of carboxylic acid groups (broad SMARTS) is 1. The smallest absolute Gasteiger partial charge is 0.338 e. The van der Waals surface area contributed by atoms with Crippen LogP contribution in [0.25, 0.3) is 16.7 Å². The van der Waals surface area contributed by atoms with Gasteiger partial charge in [-0.05, 0) is 18.2 Å². The highest BCUT2D eigenvalue weighted by molar-refractivity contribution is 6.38. The molecule has 0 aliphatic heterocycles. The van der Waals surface area contributed by atoms with Gasteiger partial charge in [-0.1, -0.05) is 23.7 Å².